The van der Waals surface area contributed by atoms with Gasteiger partial charge in [-0.3, -0.25) is 0 Å². The van der Waals surface area contributed by atoms with Crippen molar-refractivity contribution in [1.82, 2.24) is 0 Å². The van der Waals surface area contributed by atoms with Gasteiger partial charge in [0.05, 0.1) is 0 Å². The van der Waals surface area contributed by atoms with Crippen molar-refractivity contribution in [2.24, 2.45) is 0 Å². The number of aliphatic hydroxyl groups excluding tert-OH is 1. The van der Waals surface area contributed by atoms with E-state index in [4.69, 9.17) is 16.7 Å². The first-order valence-corrected chi connectivity index (χ1v) is 4.15. The van der Waals surface area contributed by atoms with Crippen LogP contribution in [0.4, 0.5) is 0 Å². The second kappa shape index (κ2) is 4.82. The third kappa shape index (κ3) is 2.58. The standard InChI is InChI=1S/C10H9ClO/c11-8-10-4-1-3-9(7-10)5-2-6-12/h1,3-4,7,12H,6,8H2. The zero-order valence-corrected chi connectivity index (χ0v) is 7.30. The number of halogens is 1. The van der Waals surface area contributed by atoms with E-state index in [2.05, 4.69) is 11.8 Å². The molecule has 0 aliphatic rings. The number of benzene rings is 1. The van der Waals surface area contributed by atoms with E-state index < -0.39 is 0 Å². The molecule has 0 saturated carbocycles. The lowest BCUT2D eigenvalue weighted by atomic mass is 10.1. The molecule has 2 heteroatoms. The molecular weight excluding hydrogens is 172 g/mol. The second-order valence-electron chi connectivity index (χ2n) is 2.29. The van der Waals surface area contributed by atoms with Gasteiger partial charge in [0.25, 0.3) is 0 Å². The van der Waals surface area contributed by atoms with Gasteiger partial charge in [0.2, 0.25) is 0 Å². The fourth-order valence-electron chi connectivity index (χ4n) is 0.874. The van der Waals surface area contributed by atoms with Crippen molar-refractivity contribution in [3.8, 4) is 11.8 Å². The Kier molecular flexibility index (Phi) is 3.66. The lowest BCUT2D eigenvalue weighted by Crippen LogP contribution is -1.80. The van der Waals surface area contributed by atoms with Crippen LogP contribution in [-0.2, 0) is 5.88 Å². The van der Waals surface area contributed by atoms with Gasteiger partial charge in [-0.05, 0) is 17.7 Å². The Bertz CT molecular complexity index is 309. The van der Waals surface area contributed by atoms with Gasteiger partial charge < -0.3 is 5.11 Å². The summed E-state index contributed by atoms with van der Waals surface area (Å²) in [5, 5.41) is 8.45. The van der Waals surface area contributed by atoms with E-state index in [1.165, 1.54) is 0 Å². The highest BCUT2D eigenvalue weighted by molar-refractivity contribution is 6.17. The summed E-state index contributed by atoms with van der Waals surface area (Å²) in [6, 6.07) is 7.64. The number of aliphatic hydroxyl groups is 1. The lowest BCUT2D eigenvalue weighted by Gasteiger charge is -1.94. The van der Waals surface area contributed by atoms with Gasteiger partial charge in [0.15, 0.2) is 0 Å². The molecule has 0 aromatic heterocycles. The Morgan fingerprint density at radius 2 is 2.25 bits per heavy atom. The zero-order chi connectivity index (χ0) is 8.81. The van der Waals surface area contributed by atoms with Crippen molar-refractivity contribution >= 4 is 11.6 Å². The first-order chi connectivity index (χ1) is 5.86. The summed E-state index contributed by atoms with van der Waals surface area (Å²) in [7, 11) is 0. The molecule has 0 amide bonds. The van der Waals surface area contributed by atoms with Crippen molar-refractivity contribution in [2.75, 3.05) is 6.61 Å². The van der Waals surface area contributed by atoms with Crippen LogP contribution in [0.2, 0.25) is 0 Å². The fourth-order valence-corrected chi connectivity index (χ4v) is 1.04. The van der Waals surface area contributed by atoms with Crippen molar-refractivity contribution in [1.29, 1.82) is 0 Å². The van der Waals surface area contributed by atoms with E-state index >= 15 is 0 Å². The zero-order valence-electron chi connectivity index (χ0n) is 6.55. The molecule has 12 heavy (non-hydrogen) atoms. The van der Waals surface area contributed by atoms with Crippen LogP contribution in [0.25, 0.3) is 0 Å². The molecule has 1 N–H and O–H groups in total. The predicted molar refractivity (Wildman–Crippen MR) is 50.0 cm³/mol. The summed E-state index contributed by atoms with van der Waals surface area (Å²) < 4.78 is 0. The normalized spacial score (nSPS) is 8.83. The minimum atomic E-state index is -0.106. The summed E-state index contributed by atoms with van der Waals surface area (Å²) in [6.45, 7) is -0.106. The molecule has 0 aliphatic heterocycles. The quantitative estimate of drug-likeness (QED) is 0.516. The number of hydrogen-bond acceptors (Lipinski definition) is 1. The third-order valence-electron chi connectivity index (χ3n) is 1.39. The molecule has 0 fully saturated rings. The maximum absolute atomic E-state index is 8.45. The monoisotopic (exact) mass is 180 g/mol. The summed E-state index contributed by atoms with van der Waals surface area (Å²) in [6.07, 6.45) is 0. The molecule has 0 heterocycles. The average Bonchev–Trinajstić information content (AvgIpc) is 2.15. The highest BCUT2D eigenvalue weighted by Gasteiger charge is 1.90. The van der Waals surface area contributed by atoms with Crippen molar-refractivity contribution in [3.05, 3.63) is 35.4 Å². The lowest BCUT2D eigenvalue weighted by molar-refractivity contribution is 0.350. The van der Waals surface area contributed by atoms with Crippen molar-refractivity contribution in [3.63, 3.8) is 0 Å². The smallest absolute Gasteiger partial charge is 0.104 e. The van der Waals surface area contributed by atoms with E-state index in [1.807, 2.05) is 24.3 Å². The molecule has 0 aliphatic carbocycles. The Hall–Kier alpha value is -0.970. The van der Waals surface area contributed by atoms with E-state index in [-0.39, 0.29) is 6.61 Å². The van der Waals surface area contributed by atoms with Crippen LogP contribution >= 0.6 is 11.6 Å². The van der Waals surface area contributed by atoms with Crippen molar-refractivity contribution in [2.45, 2.75) is 5.88 Å². The third-order valence-corrected chi connectivity index (χ3v) is 1.70. The molecule has 62 valence electrons. The second-order valence-corrected chi connectivity index (χ2v) is 2.56. The van der Waals surface area contributed by atoms with Gasteiger partial charge >= 0.3 is 0 Å². The highest BCUT2D eigenvalue weighted by Crippen LogP contribution is 2.06. The topological polar surface area (TPSA) is 20.2 Å². The fraction of sp³-hybridized carbons (Fsp3) is 0.200. The number of rotatable bonds is 1. The maximum Gasteiger partial charge on any atom is 0.104 e. The van der Waals surface area contributed by atoms with Gasteiger partial charge in [-0.15, -0.1) is 11.6 Å². The molecule has 0 unspecified atom stereocenters. The van der Waals surface area contributed by atoms with Crippen LogP contribution in [0.3, 0.4) is 0 Å². The van der Waals surface area contributed by atoms with Crippen LogP contribution in [-0.4, -0.2) is 11.7 Å². The van der Waals surface area contributed by atoms with Crippen LogP contribution in [0.15, 0.2) is 24.3 Å². The first kappa shape index (κ1) is 9.12. The summed E-state index contributed by atoms with van der Waals surface area (Å²) >= 11 is 5.64. The van der Waals surface area contributed by atoms with E-state index in [9.17, 15) is 0 Å². The van der Waals surface area contributed by atoms with Crippen LogP contribution < -0.4 is 0 Å². The molecule has 0 spiro atoms. The Morgan fingerprint density at radius 3 is 2.92 bits per heavy atom. The van der Waals surface area contributed by atoms with E-state index in [0.717, 1.165) is 11.1 Å². The van der Waals surface area contributed by atoms with Gasteiger partial charge in [-0.1, -0.05) is 24.0 Å². The van der Waals surface area contributed by atoms with Crippen LogP contribution in [0.5, 0.6) is 0 Å². The molecule has 0 atom stereocenters. The Labute approximate surface area is 77.0 Å². The molecule has 1 rings (SSSR count). The summed E-state index contributed by atoms with van der Waals surface area (Å²) in [5.74, 6) is 5.88. The van der Waals surface area contributed by atoms with E-state index in [1.54, 1.807) is 0 Å². The average molecular weight is 181 g/mol. The van der Waals surface area contributed by atoms with Crippen molar-refractivity contribution < 1.29 is 5.11 Å². The molecule has 1 aromatic carbocycles. The van der Waals surface area contributed by atoms with Gasteiger partial charge in [0.1, 0.15) is 6.61 Å². The summed E-state index contributed by atoms with van der Waals surface area (Å²) in [4.78, 5) is 0. The predicted octanol–water partition coefficient (Wildman–Crippen LogP) is 1.77. The Morgan fingerprint density at radius 1 is 1.42 bits per heavy atom. The van der Waals surface area contributed by atoms with Crippen LogP contribution in [0, 0.1) is 11.8 Å². The molecule has 0 saturated heterocycles. The van der Waals surface area contributed by atoms with Gasteiger partial charge in [-0.25, -0.2) is 0 Å². The molecule has 0 radical (unpaired) electrons. The van der Waals surface area contributed by atoms with Crippen LogP contribution in [0.1, 0.15) is 11.1 Å². The summed E-state index contributed by atoms with van der Waals surface area (Å²) in [5.41, 5.74) is 1.93. The van der Waals surface area contributed by atoms with Gasteiger partial charge in [-0.2, -0.15) is 0 Å². The molecule has 1 nitrogen and oxygen atoms in total. The van der Waals surface area contributed by atoms with Gasteiger partial charge in [0, 0.05) is 11.4 Å². The number of hydrogen-bond donors (Lipinski definition) is 1. The largest absolute Gasteiger partial charge is 0.384 e. The Balaban J connectivity index is 2.86. The van der Waals surface area contributed by atoms with E-state index in [0.29, 0.717) is 5.88 Å². The highest BCUT2D eigenvalue weighted by atomic mass is 35.5. The minimum absolute atomic E-state index is 0.106. The SMILES string of the molecule is OCC#Cc1cccc(CCl)c1. The molecule has 0 bridgehead atoms. The molecular formula is C10H9ClO. The maximum atomic E-state index is 8.45. The molecule has 1 aromatic rings. The minimum Gasteiger partial charge on any atom is -0.384 e. The first-order valence-electron chi connectivity index (χ1n) is 3.61. The number of alkyl halides is 1.